The second kappa shape index (κ2) is 8.65. The quantitative estimate of drug-likeness (QED) is 0.291. The molecule has 32 heavy (non-hydrogen) atoms. The van der Waals surface area contributed by atoms with E-state index in [1.165, 1.54) is 0 Å². The molecule has 5 aromatic rings. The summed E-state index contributed by atoms with van der Waals surface area (Å²) < 4.78 is 0. The number of fused-ring (bicyclic) bond motifs is 1. The first-order chi connectivity index (χ1) is 15.8. The Kier molecular flexibility index (Phi) is 5.24. The number of aromatic nitrogens is 3. The van der Waals surface area contributed by atoms with Crippen molar-refractivity contribution >= 4 is 22.9 Å². The number of hydrazone groups is 1. The molecular formula is C26H19N5O. The van der Waals surface area contributed by atoms with Crippen molar-refractivity contribution in [2.75, 3.05) is 5.43 Å². The average Bonchev–Trinajstić information content (AvgIpc) is 2.86. The van der Waals surface area contributed by atoms with E-state index in [0.29, 0.717) is 17.0 Å². The molecule has 0 aliphatic heterocycles. The topological polar surface area (TPSA) is 83.3 Å². The number of phenols is 1. The molecule has 0 aliphatic carbocycles. The zero-order chi connectivity index (χ0) is 21.8. The van der Waals surface area contributed by atoms with Crippen LogP contribution in [0.2, 0.25) is 0 Å². The Hall–Kier alpha value is -4.58. The summed E-state index contributed by atoms with van der Waals surface area (Å²) in [4.78, 5) is 4.67. The Morgan fingerprint density at radius 2 is 1.34 bits per heavy atom. The van der Waals surface area contributed by atoms with Gasteiger partial charge in [-0.15, -0.1) is 10.2 Å². The van der Waals surface area contributed by atoms with E-state index in [1.54, 1.807) is 12.3 Å². The lowest BCUT2D eigenvalue weighted by Gasteiger charge is -2.09. The van der Waals surface area contributed by atoms with Gasteiger partial charge in [-0.25, -0.2) is 10.4 Å². The zero-order valence-corrected chi connectivity index (χ0v) is 17.1. The van der Waals surface area contributed by atoms with E-state index >= 15 is 0 Å². The minimum atomic E-state index is 0.151. The number of hydrogen-bond acceptors (Lipinski definition) is 6. The molecule has 154 valence electrons. The maximum absolute atomic E-state index is 10.3. The lowest BCUT2D eigenvalue weighted by atomic mass is 10.0. The van der Waals surface area contributed by atoms with Crippen LogP contribution in [0.25, 0.3) is 33.3 Å². The highest BCUT2D eigenvalue weighted by molar-refractivity contribution is 6.02. The number of rotatable bonds is 5. The smallest absolute Gasteiger partial charge is 0.263 e. The summed E-state index contributed by atoms with van der Waals surface area (Å²) in [5, 5.41) is 25.1. The second-order valence-corrected chi connectivity index (χ2v) is 7.15. The van der Waals surface area contributed by atoms with Crippen LogP contribution in [0.15, 0.2) is 102 Å². The van der Waals surface area contributed by atoms with Gasteiger partial charge in [0.05, 0.1) is 6.21 Å². The monoisotopic (exact) mass is 417 g/mol. The first kappa shape index (κ1) is 19.4. The summed E-state index contributed by atoms with van der Waals surface area (Å²) in [5.41, 5.74) is 6.73. The van der Waals surface area contributed by atoms with Crippen molar-refractivity contribution in [1.82, 2.24) is 15.2 Å². The summed E-state index contributed by atoms with van der Waals surface area (Å²) in [6, 6.07) is 31.0. The number of nitrogens with one attached hydrogen (secondary N) is 1. The molecule has 1 aromatic heterocycles. The van der Waals surface area contributed by atoms with E-state index in [4.69, 9.17) is 0 Å². The molecule has 0 unspecified atom stereocenters. The summed E-state index contributed by atoms with van der Waals surface area (Å²) in [6.07, 6.45) is 1.56. The first-order valence-electron chi connectivity index (χ1n) is 10.1. The van der Waals surface area contributed by atoms with Crippen molar-refractivity contribution in [3.05, 3.63) is 103 Å². The van der Waals surface area contributed by atoms with Gasteiger partial charge in [-0.3, -0.25) is 0 Å². The molecule has 0 saturated heterocycles. The van der Waals surface area contributed by atoms with Crippen molar-refractivity contribution in [2.45, 2.75) is 0 Å². The predicted octanol–water partition coefficient (Wildman–Crippen LogP) is 5.51. The molecule has 6 heteroatoms. The molecule has 4 aromatic carbocycles. The number of hydrogen-bond donors (Lipinski definition) is 2. The van der Waals surface area contributed by atoms with Crippen molar-refractivity contribution in [3.63, 3.8) is 0 Å². The summed E-state index contributed by atoms with van der Waals surface area (Å²) in [7, 11) is 0. The fraction of sp³-hybridized carbons (Fsp3) is 0. The molecule has 2 N–H and O–H groups in total. The molecule has 0 saturated carbocycles. The molecular weight excluding hydrogens is 398 g/mol. The van der Waals surface area contributed by atoms with E-state index < -0.39 is 0 Å². The van der Waals surface area contributed by atoms with Gasteiger partial charge in [0, 0.05) is 16.7 Å². The number of nitrogens with zero attached hydrogens (tertiary/aromatic N) is 4. The normalized spacial score (nSPS) is 11.1. The van der Waals surface area contributed by atoms with Crippen LogP contribution in [0.3, 0.4) is 0 Å². The van der Waals surface area contributed by atoms with Gasteiger partial charge >= 0.3 is 0 Å². The molecule has 0 fully saturated rings. The lowest BCUT2D eigenvalue weighted by Crippen LogP contribution is -2.03. The van der Waals surface area contributed by atoms with E-state index in [-0.39, 0.29) is 11.7 Å². The molecule has 1 heterocycles. The molecule has 5 rings (SSSR count). The molecule has 0 aliphatic rings. The summed E-state index contributed by atoms with van der Waals surface area (Å²) in [6.45, 7) is 0. The second-order valence-electron chi connectivity index (χ2n) is 7.15. The Balaban J connectivity index is 1.50. The van der Waals surface area contributed by atoms with Gasteiger partial charge in [0.2, 0.25) is 0 Å². The van der Waals surface area contributed by atoms with Gasteiger partial charge in [0.1, 0.15) is 17.1 Å². The van der Waals surface area contributed by atoms with Crippen LogP contribution in [0, 0.1) is 0 Å². The van der Waals surface area contributed by atoms with E-state index in [0.717, 1.165) is 21.9 Å². The minimum Gasteiger partial charge on any atom is -0.507 e. The van der Waals surface area contributed by atoms with Crippen molar-refractivity contribution in [1.29, 1.82) is 0 Å². The van der Waals surface area contributed by atoms with Crippen LogP contribution in [-0.2, 0) is 0 Å². The van der Waals surface area contributed by atoms with Crippen molar-refractivity contribution in [3.8, 4) is 28.3 Å². The largest absolute Gasteiger partial charge is 0.507 e. The van der Waals surface area contributed by atoms with Crippen LogP contribution < -0.4 is 5.43 Å². The Labute approximate surface area is 184 Å². The molecule has 0 spiro atoms. The van der Waals surface area contributed by atoms with Crippen LogP contribution in [-0.4, -0.2) is 26.5 Å². The average molecular weight is 417 g/mol. The molecule has 0 amide bonds. The highest BCUT2D eigenvalue weighted by atomic mass is 16.3. The van der Waals surface area contributed by atoms with E-state index in [1.807, 2.05) is 91.0 Å². The predicted molar refractivity (Wildman–Crippen MR) is 128 cm³/mol. The third kappa shape index (κ3) is 3.89. The van der Waals surface area contributed by atoms with Crippen LogP contribution in [0.4, 0.5) is 5.95 Å². The highest BCUT2D eigenvalue weighted by Gasteiger charge is 2.13. The third-order valence-electron chi connectivity index (χ3n) is 5.09. The Morgan fingerprint density at radius 3 is 2.09 bits per heavy atom. The number of aromatic hydroxyl groups is 1. The fourth-order valence-corrected chi connectivity index (χ4v) is 3.54. The summed E-state index contributed by atoms with van der Waals surface area (Å²) in [5.74, 6) is 0.414. The third-order valence-corrected chi connectivity index (χ3v) is 5.09. The van der Waals surface area contributed by atoms with E-state index in [9.17, 15) is 5.11 Å². The van der Waals surface area contributed by atoms with E-state index in [2.05, 4.69) is 25.7 Å². The minimum absolute atomic E-state index is 0.151. The lowest BCUT2D eigenvalue weighted by molar-refractivity contribution is 0.475. The maximum Gasteiger partial charge on any atom is 0.263 e. The van der Waals surface area contributed by atoms with Gasteiger partial charge in [-0.2, -0.15) is 5.10 Å². The molecule has 0 radical (unpaired) electrons. The van der Waals surface area contributed by atoms with Crippen LogP contribution >= 0.6 is 0 Å². The van der Waals surface area contributed by atoms with Crippen LogP contribution in [0.1, 0.15) is 5.56 Å². The van der Waals surface area contributed by atoms with Crippen LogP contribution in [0.5, 0.6) is 5.75 Å². The zero-order valence-electron chi connectivity index (χ0n) is 17.1. The molecule has 0 bridgehead atoms. The first-order valence-corrected chi connectivity index (χ1v) is 10.1. The van der Waals surface area contributed by atoms with Gasteiger partial charge in [0.15, 0.2) is 0 Å². The Morgan fingerprint density at radius 1 is 0.688 bits per heavy atom. The van der Waals surface area contributed by atoms with Gasteiger partial charge in [-0.05, 0) is 16.8 Å². The molecule has 0 atom stereocenters. The highest BCUT2D eigenvalue weighted by Crippen LogP contribution is 2.29. The molecule has 6 nitrogen and oxygen atoms in total. The van der Waals surface area contributed by atoms with Gasteiger partial charge in [0.25, 0.3) is 5.95 Å². The number of anilines is 1. The maximum atomic E-state index is 10.3. The van der Waals surface area contributed by atoms with Gasteiger partial charge in [-0.1, -0.05) is 91.0 Å². The fourth-order valence-electron chi connectivity index (χ4n) is 3.54. The SMILES string of the molecule is Oc1ccc2ccccc2c1/C=N\Nc1nnc(-c2ccccc2)c(-c2ccccc2)n1. The standard InChI is InChI=1S/C26H19N5O/c32-23-16-15-18-9-7-8-14-21(18)22(23)17-27-30-26-28-24(19-10-3-1-4-11-19)25(29-31-26)20-12-5-2-6-13-20/h1-17,32H,(H,28,30,31)/b27-17-. The van der Waals surface area contributed by atoms with Crippen molar-refractivity contribution < 1.29 is 5.11 Å². The van der Waals surface area contributed by atoms with Gasteiger partial charge < -0.3 is 5.11 Å². The van der Waals surface area contributed by atoms with Crippen molar-refractivity contribution in [2.24, 2.45) is 5.10 Å². The Bertz CT molecular complexity index is 1400. The summed E-state index contributed by atoms with van der Waals surface area (Å²) >= 11 is 0. The number of phenolic OH excluding ortho intramolecular Hbond substituents is 1. The number of benzene rings is 4.